The van der Waals surface area contributed by atoms with Crippen molar-refractivity contribution in [2.24, 2.45) is 0 Å². The Kier molecular flexibility index (Phi) is 4.77. The van der Waals surface area contributed by atoms with E-state index in [0.29, 0.717) is 12.1 Å². The van der Waals surface area contributed by atoms with Gasteiger partial charge in [-0.3, -0.25) is 9.59 Å². The van der Waals surface area contributed by atoms with Crippen LogP contribution in [-0.4, -0.2) is 30.1 Å². The Balaban J connectivity index is 1.59. The molecule has 0 unspecified atom stereocenters. The van der Waals surface area contributed by atoms with E-state index in [0.717, 1.165) is 47.0 Å². The molecule has 0 radical (unpaired) electrons. The zero-order valence-electron chi connectivity index (χ0n) is 15.2. The molecular weight excluding hydrogens is 340 g/mol. The summed E-state index contributed by atoms with van der Waals surface area (Å²) in [4.78, 5) is 27.0. The maximum atomic E-state index is 12.5. The Hall–Kier alpha value is -2.92. The summed E-state index contributed by atoms with van der Waals surface area (Å²) in [6, 6.07) is 15.1. The number of carbonyl (C=O) groups is 1. The summed E-state index contributed by atoms with van der Waals surface area (Å²) in [7, 11) is 0. The fourth-order valence-electron chi connectivity index (χ4n) is 3.56. The van der Waals surface area contributed by atoms with Crippen molar-refractivity contribution in [1.29, 1.82) is 0 Å². The number of carbonyl (C=O) groups excluding carboxylic acids is 1. The van der Waals surface area contributed by atoms with Gasteiger partial charge >= 0.3 is 0 Å². The largest absolute Gasteiger partial charge is 0.376 e. The Morgan fingerprint density at radius 1 is 1.19 bits per heavy atom. The molecular formula is C22H22N2O3. The van der Waals surface area contributed by atoms with Crippen LogP contribution in [0.3, 0.4) is 0 Å². The lowest BCUT2D eigenvalue weighted by molar-refractivity contribution is 0.0858. The average molecular weight is 362 g/mol. The molecule has 1 fully saturated rings. The first-order valence-electron chi connectivity index (χ1n) is 9.24. The number of amides is 1. The molecule has 0 aliphatic carbocycles. The lowest BCUT2D eigenvalue weighted by Gasteiger charge is -2.12. The van der Waals surface area contributed by atoms with Crippen molar-refractivity contribution in [1.82, 2.24) is 10.3 Å². The van der Waals surface area contributed by atoms with Gasteiger partial charge in [0, 0.05) is 35.7 Å². The quantitative estimate of drug-likeness (QED) is 0.747. The van der Waals surface area contributed by atoms with Gasteiger partial charge in [-0.1, -0.05) is 18.2 Å². The summed E-state index contributed by atoms with van der Waals surface area (Å²) < 4.78 is 5.55. The number of pyridine rings is 1. The van der Waals surface area contributed by atoms with Crippen LogP contribution in [0.15, 0.2) is 53.3 Å². The summed E-state index contributed by atoms with van der Waals surface area (Å²) >= 11 is 0. The molecule has 1 amide bonds. The van der Waals surface area contributed by atoms with Crippen molar-refractivity contribution in [2.75, 3.05) is 13.2 Å². The number of ether oxygens (including phenoxy) is 1. The number of H-pyrrole nitrogens is 1. The van der Waals surface area contributed by atoms with E-state index >= 15 is 0 Å². The molecule has 27 heavy (non-hydrogen) atoms. The molecule has 0 spiro atoms. The van der Waals surface area contributed by atoms with E-state index in [1.807, 2.05) is 49.4 Å². The van der Waals surface area contributed by atoms with Crippen molar-refractivity contribution >= 4 is 16.8 Å². The summed E-state index contributed by atoms with van der Waals surface area (Å²) in [6.45, 7) is 3.25. The Labute approximate surface area is 157 Å². The fraction of sp³-hybridized carbons (Fsp3) is 0.273. The highest BCUT2D eigenvalue weighted by Crippen LogP contribution is 2.25. The molecule has 0 saturated carbocycles. The highest BCUT2D eigenvalue weighted by atomic mass is 16.5. The molecule has 2 aromatic carbocycles. The van der Waals surface area contributed by atoms with Gasteiger partial charge in [0.2, 0.25) is 5.56 Å². The molecule has 4 rings (SSSR count). The Morgan fingerprint density at radius 2 is 2.04 bits per heavy atom. The van der Waals surface area contributed by atoms with E-state index in [-0.39, 0.29) is 17.6 Å². The SMILES string of the molecule is Cc1cc(=O)[nH]c2ccc(-c3cccc(C(=O)NC[C@H]4CCCO4)c3)cc12. The van der Waals surface area contributed by atoms with Crippen molar-refractivity contribution in [3.05, 3.63) is 70.0 Å². The van der Waals surface area contributed by atoms with Gasteiger partial charge in [0.15, 0.2) is 0 Å². The molecule has 5 heteroatoms. The molecule has 3 aromatic rings. The first kappa shape index (κ1) is 17.5. The summed E-state index contributed by atoms with van der Waals surface area (Å²) in [5, 5.41) is 3.96. The third-order valence-corrected chi connectivity index (χ3v) is 5.02. The lowest BCUT2D eigenvalue weighted by atomic mass is 9.99. The van der Waals surface area contributed by atoms with Gasteiger partial charge in [-0.05, 0) is 60.7 Å². The summed E-state index contributed by atoms with van der Waals surface area (Å²) in [5.41, 5.74) is 4.25. The maximum Gasteiger partial charge on any atom is 0.251 e. The molecule has 138 valence electrons. The molecule has 0 bridgehead atoms. The Bertz CT molecular complexity index is 1050. The number of rotatable bonds is 4. The predicted octanol–water partition coefficient (Wildman–Crippen LogP) is 3.41. The van der Waals surface area contributed by atoms with Gasteiger partial charge in [-0.15, -0.1) is 0 Å². The van der Waals surface area contributed by atoms with E-state index < -0.39 is 0 Å². The Morgan fingerprint density at radius 3 is 2.85 bits per heavy atom. The van der Waals surface area contributed by atoms with Crippen molar-refractivity contribution in [3.8, 4) is 11.1 Å². The molecule has 5 nitrogen and oxygen atoms in total. The minimum atomic E-state index is -0.0994. The van der Waals surface area contributed by atoms with E-state index in [1.165, 1.54) is 0 Å². The number of hydrogen-bond acceptors (Lipinski definition) is 3. The van der Waals surface area contributed by atoms with Gasteiger partial charge < -0.3 is 15.0 Å². The zero-order chi connectivity index (χ0) is 18.8. The number of benzene rings is 2. The maximum absolute atomic E-state index is 12.5. The fourth-order valence-corrected chi connectivity index (χ4v) is 3.56. The second kappa shape index (κ2) is 7.37. The van der Waals surface area contributed by atoms with E-state index in [2.05, 4.69) is 10.3 Å². The third-order valence-electron chi connectivity index (χ3n) is 5.02. The van der Waals surface area contributed by atoms with Gasteiger partial charge in [-0.2, -0.15) is 0 Å². The zero-order valence-corrected chi connectivity index (χ0v) is 15.2. The van der Waals surface area contributed by atoms with E-state index in [1.54, 1.807) is 6.07 Å². The predicted molar refractivity (Wildman–Crippen MR) is 106 cm³/mol. The van der Waals surface area contributed by atoms with E-state index in [4.69, 9.17) is 4.74 Å². The molecule has 1 aromatic heterocycles. The first-order chi connectivity index (χ1) is 13.1. The normalized spacial score (nSPS) is 16.6. The van der Waals surface area contributed by atoms with E-state index in [9.17, 15) is 9.59 Å². The van der Waals surface area contributed by atoms with Crippen molar-refractivity contribution in [2.45, 2.75) is 25.9 Å². The number of nitrogens with one attached hydrogen (secondary N) is 2. The van der Waals surface area contributed by atoms with Crippen LogP contribution in [0.5, 0.6) is 0 Å². The van der Waals surface area contributed by atoms with Crippen LogP contribution in [0.1, 0.15) is 28.8 Å². The average Bonchev–Trinajstić information content (AvgIpc) is 3.19. The molecule has 1 aliphatic heterocycles. The second-order valence-corrected chi connectivity index (χ2v) is 7.00. The van der Waals surface area contributed by atoms with Crippen LogP contribution in [0.4, 0.5) is 0 Å². The topological polar surface area (TPSA) is 71.2 Å². The molecule has 2 heterocycles. The molecule has 1 atom stereocenters. The summed E-state index contributed by atoms with van der Waals surface area (Å²) in [6.07, 6.45) is 2.18. The number of hydrogen-bond donors (Lipinski definition) is 2. The number of aromatic amines is 1. The van der Waals surface area contributed by atoms with Crippen molar-refractivity contribution in [3.63, 3.8) is 0 Å². The van der Waals surface area contributed by atoms with Crippen LogP contribution >= 0.6 is 0 Å². The molecule has 1 saturated heterocycles. The second-order valence-electron chi connectivity index (χ2n) is 7.00. The van der Waals surface area contributed by atoms with Crippen LogP contribution in [0, 0.1) is 6.92 Å². The smallest absolute Gasteiger partial charge is 0.251 e. The van der Waals surface area contributed by atoms with Crippen LogP contribution in [0.25, 0.3) is 22.0 Å². The van der Waals surface area contributed by atoms with Gasteiger partial charge in [-0.25, -0.2) is 0 Å². The van der Waals surface area contributed by atoms with Gasteiger partial charge in [0.25, 0.3) is 5.91 Å². The van der Waals surface area contributed by atoms with Crippen LogP contribution in [0.2, 0.25) is 0 Å². The molecule has 1 aliphatic rings. The number of aromatic nitrogens is 1. The van der Waals surface area contributed by atoms with Crippen molar-refractivity contribution < 1.29 is 9.53 Å². The standard InChI is InChI=1S/C22H22N2O3/c1-14-10-21(25)24-20-8-7-16(12-19(14)20)15-4-2-5-17(11-15)22(26)23-13-18-6-3-9-27-18/h2,4-5,7-8,10-12,18H,3,6,9,13H2,1H3,(H,23,26)(H,24,25)/t18-/m1/s1. The number of fused-ring (bicyclic) bond motifs is 1. The third kappa shape index (κ3) is 3.78. The highest BCUT2D eigenvalue weighted by molar-refractivity contribution is 5.96. The van der Waals surface area contributed by atoms with Gasteiger partial charge in [0.1, 0.15) is 0 Å². The minimum Gasteiger partial charge on any atom is -0.376 e. The monoisotopic (exact) mass is 362 g/mol. The highest BCUT2D eigenvalue weighted by Gasteiger charge is 2.17. The lowest BCUT2D eigenvalue weighted by Crippen LogP contribution is -2.31. The minimum absolute atomic E-state index is 0.0892. The summed E-state index contributed by atoms with van der Waals surface area (Å²) in [5.74, 6) is -0.0892. The van der Waals surface area contributed by atoms with Gasteiger partial charge in [0.05, 0.1) is 6.10 Å². The van der Waals surface area contributed by atoms with Crippen LogP contribution < -0.4 is 10.9 Å². The van der Waals surface area contributed by atoms with Crippen LogP contribution in [-0.2, 0) is 4.74 Å². The number of aryl methyl sites for hydroxylation is 1. The first-order valence-corrected chi connectivity index (χ1v) is 9.24. The molecule has 2 N–H and O–H groups in total.